The number of rotatable bonds is 4. The minimum atomic E-state index is -0.969. The quantitative estimate of drug-likeness (QED) is 0.493. The van der Waals surface area contributed by atoms with Crippen LogP contribution in [0.3, 0.4) is 0 Å². The first kappa shape index (κ1) is 23.2. The number of nitrogens with zero attached hydrogens (tertiary/aromatic N) is 2. The standard InChI is InChI=1S/C14H15N3O2.C11H11NO3/c15-6-8-1-2-9-3-4-17(7-10(9)5-8)12-11(16)13(18)14(12)19;13-10-5-2-6-12(10)9-4-1-3-8(7-9)11(14)15/h1-2,5H,3-4,6-7,15-16H2;1,3-4,7H,2,5-6H2,(H,14,15). The molecule has 0 aliphatic carbocycles. The van der Waals surface area contributed by atoms with Crippen LogP contribution < -0.4 is 32.1 Å². The molecule has 3 aromatic carbocycles. The maximum atomic E-state index is 11.6. The molecule has 0 radical (unpaired) electrons. The van der Waals surface area contributed by atoms with Crippen molar-refractivity contribution in [2.75, 3.05) is 28.6 Å². The fourth-order valence-electron chi connectivity index (χ4n) is 4.37. The molecule has 1 saturated heterocycles. The van der Waals surface area contributed by atoms with Crippen LogP contribution in [-0.2, 0) is 24.3 Å². The van der Waals surface area contributed by atoms with Crippen molar-refractivity contribution in [1.29, 1.82) is 0 Å². The van der Waals surface area contributed by atoms with E-state index in [1.807, 2.05) is 11.0 Å². The Morgan fingerprint density at radius 3 is 2.41 bits per heavy atom. The minimum Gasteiger partial charge on any atom is -0.478 e. The second-order valence-corrected chi connectivity index (χ2v) is 8.40. The summed E-state index contributed by atoms with van der Waals surface area (Å²) in [7, 11) is 0. The summed E-state index contributed by atoms with van der Waals surface area (Å²) < 4.78 is 0. The minimum absolute atomic E-state index is 0.0672. The Kier molecular flexibility index (Phi) is 6.47. The van der Waals surface area contributed by atoms with Crippen LogP contribution in [0.25, 0.3) is 0 Å². The van der Waals surface area contributed by atoms with Gasteiger partial charge in [0.15, 0.2) is 0 Å². The van der Waals surface area contributed by atoms with Crippen LogP contribution in [0.4, 0.5) is 17.1 Å². The summed E-state index contributed by atoms with van der Waals surface area (Å²) >= 11 is 0. The van der Waals surface area contributed by atoms with Crippen molar-refractivity contribution in [2.24, 2.45) is 5.73 Å². The van der Waals surface area contributed by atoms with Gasteiger partial charge in [0.25, 0.3) is 10.9 Å². The zero-order chi connectivity index (χ0) is 24.4. The van der Waals surface area contributed by atoms with E-state index in [0.717, 1.165) is 24.0 Å². The Hall–Kier alpha value is -3.98. The highest BCUT2D eigenvalue weighted by atomic mass is 16.4. The molecule has 176 valence electrons. The molecular weight excluding hydrogens is 436 g/mol. The predicted molar refractivity (Wildman–Crippen MR) is 130 cm³/mol. The molecule has 9 heteroatoms. The number of benzene rings is 2. The summed E-state index contributed by atoms with van der Waals surface area (Å²) in [5.41, 5.74) is 15.1. The fraction of sp³-hybridized carbons (Fsp3) is 0.280. The lowest BCUT2D eigenvalue weighted by molar-refractivity contribution is -0.117. The number of nitrogens with two attached hydrogens (primary N) is 2. The Labute approximate surface area is 195 Å². The van der Waals surface area contributed by atoms with Crippen molar-refractivity contribution < 1.29 is 14.7 Å². The molecule has 1 fully saturated rings. The molecule has 3 aromatic rings. The predicted octanol–water partition coefficient (Wildman–Crippen LogP) is 1.40. The normalized spacial score (nSPS) is 15.1. The van der Waals surface area contributed by atoms with E-state index in [4.69, 9.17) is 16.6 Å². The highest BCUT2D eigenvalue weighted by molar-refractivity contribution is 5.97. The number of amides is 1. The van der Waals surface area contributed by atoms with Gasteiger partial charge < -0.3 is 26.4 Å². The van der Waals surface area contributed by atoms with Crippen LogP contribution in [0, 0.1) is 0 Å². The molecule has 0 unspecified atom stereocenters. The Morgan fingerprint density at radius 1 is 0.971 bits per heavy atom. The van der Waals surface area contributed by atoms with Gasteiger partial charge >= 0.3 is 5.97 Å². The molecule has 2 aliphatic heterocycles. The van der Waals surface area contributed by atoms with Gasteiger partial charge in [-0.25, -0.2) is 4.79 Å². The van der Waals surface area contributed by atoms with E-state index in [0.29, 0.717) is 44.0 Å². The number of anilines is 3. The molecular formula is C25H26N4O5. The second-order valence-electron chi connectivity index (χ2n) is 8.40. The van der Waals surface area contributed by atoms with Crippen molar-refractivity contribution in [1.82, 2.24) is 0 Å². The summed E-state index contributed by atoms with van der Waals surface area (Å²) in [5, 5.41) is 8.81. The Morgan fingerprint density at radius 2 is 1.76 bits per heavy atom. The zero-order valence-electron chi connectivity index (χ0n) is 18.6. The van der Waals surface area contributed by atoms with Crippen LogP contribution in [0.5, 0.6) is 0 Å². The van der Waals surface area contributed by atoms with Crippen molar-refractivity contribution in [3.63, 3.8) is 0 Å². The van der Waals surface area contributed by atoms with E-state index in [-0.39, 0.29) is 17.2 Å². The Bertz CT molecular complexity index is 1330. The summed E-state index contributed by atoms with van der Waals surface area (Å²) in [4.78, 5) is 48.4. The van der Waals surface area contributed by atoms with Crippen molar-refractivity contribution in [3.8, 4) is 0 Å². The fourth-order valence-corrected chi connectivity index (χ4v) is 4.37. The molecule has 0 aromatic heterocycles. The van der Waals surface area contributed by atoms with Gasteiger partial charge in [0.05, 0.1) is 5.56 Å². The summed E-state index contributed by atoms with van der Waals surface area (Å²) in [6.45, 7) is 2.50. The number of carbonyl (C=O) groups excluding carboxylic acids is 1. The number of aromatic carboxylic acids is 1. The topological polar surface area (TPSA) is 147 Å². The number of carboxylic acids is 1. The Balaban J connectivity index is 0.000000166. The molecule has 0 atom stereocenters. The van der Waals surface area contributed by atoms with Crippen LogP contribution in [0.15, 0.2) is 52.1 Å². The smallest absolute Gasteiger partial charge is 0.335 e. The van der Waals surface area contributed by atoms with E-state index < -0.39 is 16.8 Å². The van der Waals surface area contributed by atoms with E-state index >= 15 is 0 Å². The highest BCUT2D eigenvalue weighted by Gasteiger charge is 2.26. The molecule has 0 saturated carbocycles. The van der Waals surface area contributed by atoms with E-state index in [1.165, 1.54) is 17.7 Å². The van der Waals surface area contributed by atoms with Gasteiger partial charge in [0, 0.05) is 38.3 Å². The van der Waals surface area contributed by atoms with Gasteiger partial charge in [-0.2, -0.15) is 0 Å². The lowest BCUT2D eigenvalue weighted by Crippen LogP contribution is -2.44. The molecule has 1 amide bonds. The molecule has 34 heavy (non-hydrogen) atoms. The molecule has 5 rings (SSSR count). The SMILES string of the molecule is NCc1ccc2c(c1)CN(c1c(N)c(=O)c1=O)CC2.O=C(O)c1cccc(N2CCCC2=O)c1. The molecule has 0 spiro atoms. The van der Waals surface area contributed by atoms with Crippen LogP contribution in [0.1, 0.15) is 39.9 Å². The van der Waals surface area contributed by atoms with E-state index in [9.17, 15) is 19.2 Å². The third-order valence-corrected chi connectivity index (χ3v) is 6.23. The number of hydrogen-bond donors (Lipinski definition) is 3. The third kappa shape index (κ3) is 4.42. The van der Waals surface area contributed by atoms with Crippen LogP contribution in [0.2, 0.25) is 0 Å². The number of hydrogen-bond acceptors (Lipinski definition) is 7. The number of nitrogen functional groups attached to an aromatic ring is 1. The molecule has 0 bridgehead atoms. The van der Waals surface area contributed by atoms with E-state index in [1.54, 1.807) is 17.0 Å². The van der Waals surface area contributed by atoms with Gasteiger partial charge in [0.2, 0.25) is 5.91 Å². The maximum Gasteiger partial charge on any atom is 0.335 e. The third-order valence-electron chi connectivity index (χ3n) is 6.23. The molecule has 9 nitrogen and oxygen atoms in total. The summed E-state index contributed by atoms with van der Waals surface area (Å²) in [6.07, 6.45) is 2.24. The van der Waals surface area contributed by atoms with Crippen LogP contribution >= 0.6 is 0 Å². The number of carboxylic acid groups (broad SMARTS) is 1. The monoisotopic (exact) mass is 462 g/mol. The number of fused-ring (bicyclic) bond motifs is 1. The van der Waals surface area contributed by atoms with Crippen LogP contribution in [-0.4, -0.2) is 30.1 Å². The van der Waals surface area contributed by atoms with E-state index in [2.05, 4.69) is 12.1 Å². The van der Waals surface area contributed by atoms with Crippen molar-refractivity contribution in [2.45, 2.75) is 32.4 Å². The van der Waals surface area contributed by atoms with Gasteiger partial charge in [-0.3, -0.25) is 14.4 Å². The second kappa shape index (κ2) is 9.48. The largest absolute Gasteiger partial charge is 0.478 e. The highest BCUT2D eigenvalue weighted by Crippen LogP contribution is 2.26. The maximum absolute atomic E-state index is 11.6. The first-order valence-corrected chi connectivity index (χ1v) is 11.1. The number of carbonyl (C=O) groups is 2. The van der Waals surface area contributed by atoms with Gasteiger partial charge in [-0.05, 0) is 47.7 Å². The summed E-state index contributed by atoms with van der Waals surface area (Å²) in [6, 6.07) is 12.6. The average molecular weight is 463 g/mol. The van der Waals surface area contributed by atoms with Gasteiger partial charge in [-0.15, -0.1) is 0 Å². The summed E-state index contributed by atoms with van der Waals surface area (Å²) in [5.74, 6) is -0.902. The van der Waals surface area contributed by atoms with Gasteiger partial charge in [-0.1, -0.05) is 24.3 Å². The zero-order valence-corrected chi connectivity index (χ0v) is 18.6. The lowest BCUT2D eigenvalue weighted by Gasteiger charge is -2.31. The molecule has 2 aliphatic rings. The lowest BCUT2D eigenvalue weighted by atomic mass is 9.96. The molecule has 2 heterocycles. The van der Waals surface area contributed by atoms with Crippen molar-refractivity contribution in [3.05, 3.63) is 85.2 Å². The molecule has 5 N–H and O–H groups in total. The first-order valence-electron chi connectivity index (χ1n) is 11.1. The van der Waals surface area contributed by atoms with Crippen molar-refractivity contribution >= 4 is 28.9 Å². The average Bonchev–Trinajstić information content (AvgIpc) is 3.29. The first-order chi connectivity index (χ1) is 16.3. The van der Waals surface area contributed by atoms with Gasteiger partial charge in [0.1, 0.15) is 11.4 Å².